The number of halogens is 1. The van der Waals surface area contributed by atoms with Crippen molar-refractivity contribution in [3.63, 3.8) is 0 Å². The van der Waals surface area contributed by atoms with Gasteiger partial charge in [-0.1, -0.05) is 0 Å². The fourth-order valence-electron chi connectivity index (χ4n) is 1.61. The Kier molecular flexibility index (Phi) is 2.19. The van der Waals surface area contributed by atoms with Crippen LogP contribution >= 0.6 is 0 Å². The van der Waals surface area contributed by atoms with Gasteiger partial charge in [-0.15, -0.1) is 0 Å². The first kappa shape index (κ1) is 9.71. The summed E-state index contributed by atoms with van der Waals surface area (Å²) in [6, 6.07) is 4.86. The van der Waals surface area contributed by atoms with Gasteiger partial charge < -0.3 is 9.67 Å². The van der Waals surface area contributed by atoms with E-state index in [9.17, 15) is 9.18 Å². The second kappa shape index (κ2) is 3.38. The standard InChI is InChI=1S/C11H10FNO2/c1-7-4-8-2-3-13(6-11(14)15)10(8)5-9(7)12/h2-5H,6H2,1H3,(H,14,15). The first-order valence-corrected chi connectivity index (χ1v) is 4.55. The smallest absolute Gasteiger partial charge is 0.323 e. The summed E-state index contributed by atoms with van der Waals surface area (Å²) >= 11 is 0. The zero-order chi connectivity index (χ0) is 11.0. The van der Waals surface area contributed by atoms with Crippen LogP contribution in [0, 0.1) is 12.7 Å². The number of fused-ring (bicyclic) bond motifs is 1. The average molecular weight is 207 g/mol. The molecule has 78 valence electrons. The van der Waals surface area contributed by atoms with Gasteiger partial charge in [0.05, 0.1) is 5.52 Å². The fraction of sp³-hybridized carbons (Fsp3) is 0.182. The number of nitrogens with zero attached hydrogens (tertiary/aromatic N) is 1. The second-order valence-electron chi connectivity index (χ2n) is 3.50. The lowest BCUT2D eigenvalue weighted by atomic mass is 10.2. The number of hydrogen-bond acceptors (Lipinski definition) is 1. The molecule has 0 aliphatic carbocycles. The first-order chi connectivity index (χ1) is 7.08. The highest BCUT2D eigenvalue weighted by Crippen LogP contribution is 2.19. The van der Waals surface area contributed by atoms with E-state index < -0.39 is 5.97 Å². The van der Waals surface area contributed by atoms with Gasteiger partial charge in [-0.25, -0.2) is 4.39 Å². The first-order valence-electron chi connectivity index (χ1n) is 4.55. The highest BCUT2D eigenvalue weighted by Gasteiger charge is 2.07. The van der Waals surface area contributed by atoms with Crippen LogP contribution in [-0.2, 0) is 11.3 Å². The molecular formula is C11H10FNO2. The van der Waals surface area contributed by atoms with Crippen molar-refractivity contribution < 1.29 is 14.3 Å². The normalized spacial score (nSPS) is 10.8. The topological polar surface area (TPSA) is 42.2 Å². The molecule has 1 aromatic carbocycles. The molecule has 0 bridgehead atoms. The third-order valence-electron chi connectivity index (χ3n) is 2.36. The minimum atomic E-state index is -0.937. The van der Waals surface area contributed by atoms with Gasteiger partial charge >= 0.3 is 5.97 Å². The number of aryl methyl sites for hydroxylation is 1. The maximum absolute atomic E-state index is 13.3. The van der Waals surface area contributed by atoms with E-state index in [0.29, 0.717) is 11.1 Å². The average Bonchev–Trinajstić information content (AvgIpc) is 2.49. The molecule has 0 aliphatic rings. The molecule has 0 atom stereocenters. The molecule has 3 nitrogen and oxygen atoms in total. The van der Waals surface area contributed by atoms with Crippen LogP contribution in [0.4, 0.5) is 4.39 Å². The monoisotopic (exact) mass is 207 g/mol. The largest absolute Gasteiger partial charge is 0.480 e. The summed E-state index contributed by atoms with van der Waals surface area (Å²) in [7, 11) is 0. The summed E-state index contributed by atoms with van der Waals surface area (Å²) in [5.74, 6) is -1.25. The van der Waals surface area contributed by atoms with Gasteiger partial charge in [-0.2, -0.15) is 0 Å². The lowest BCUT2D eigenvalue weighted by Gasteiger charge is -2.02. The van der Waals surface area contributed by atoms with Crippen LogP contribution in [0.25, 0.3) is 10.9 Å². The molecule has 2 aromatic rings. The number of aromatic nitrogens is 1. The van der Waals surface area contributed by atoms with Gasteiger partial charge in [0.15, 0.2) is 0 Å². The van der Waals surface area contributed by atoms with Crippen LogP contribution in [0.15, 0.2) is 24.4 Å². The zero-order valence-corrected chi connectivity index (χ0v) is 8.20. The number of carboxylic acid groups (broad SMARTS) is 1. The minimum absolute atomic E-state index is 0.147. The molecule has 0 unspecified atom stereocenters. The maximum Gasteiger partial charge on any atom is 0.323 e. The Balaban J connectivity index is 2.59. The van der Waals surface area contributed by atoms with E-state index in [1.807, 2.05) is 0 Å². The van der Waals surface area contributed by atoms with E-state index in [2.05, 4.69) is 0 Å². The van der Waals surface area contributed by atoms with Crippen molar-refractivity contribution in [2.75, 3.05) is 0 Å². The van der Waals surface area contributed by atoms with E-state index >= 15 is 0 Å². The molecule has 0 amide bonds. The Morgan fingerprint density at radius 3 is 2.93 bits per heavy atom. The fourth-order valence-corrected chi connectivity index (χ4v) is 1.61. The van der Waals surface area contributed by atoms with E-state index in [4.69, 9.17) is 5.11 Å². The third-order valence-corrected chi connectivity index (χ3v) is 2.36. The quantitative estimate of drug-likeness (QED) is 0.820. The van der Waals surface area contributed by atoms with Crippen molar-refractivity contribution in [1.82, 2.24) is 4.57 Å². The number of rotatable bonds is 2. The molecule has 0 saturated heterocycles. The van der Waals surface area contributed by atoms with Gasteiger partial charge in [0.2, 0.25) is 0 Å². The highest BCUT2D eigenvalue weighted by atomic mass is 19.1. The van der Waals surface area contributed by atoms with Crippen molar-refractivity contribution in [2.24, 2.45) is 0 Å². The molecular weight excluding hydrogens is 197 g/mol. The lowest BCUT2D eigenvalue weighted by Crippen LogP contribution is -2.07. The molecule has 0 radical (unpaired) electrons. The molecule has 1 heterocycles. The highest BCUT2D eigenvalue weighted by molar-refractivity contribution is 5.82. The van der Waals surface area contributed by atoms with Crippen molar-refractivity contribution >= 4 is 16.9 Å². The minimum Gasteiger partial charge on any atom is -0.480 e. The Hall–Kier alpha value is -1.84. The van der Waals surface area contributed by atoms with Crippen LogP contribution in [0.5, 0.6) is 0 Å². The van der Waals surface area contributed by atoms with Crippen molar-refractivity contribution in [1.29, 1.82) is 0 Å². The molecule has 4 heteroatoms. The van der Waals surface area contributed by atoms with Gasteiger partial charge in [-0.3, -0.25) is 4.79 Å². The Morgan fingerprint density at radius 1 is 1.53 bits per heavy atom. The molecule has 0 aliphatic heterocycles. The Bertz CT molecular complexity index is 531. The lowest BCUT2D eigenvalue weighted by molar-refractivity contribution is -0.137. The van der Waals surface area contributed by atoms with Crippen LogP contribution < -0.4 is 0 Å². The molecule has 0 fully saturated rings. The van der Waals surface area contributed by atoms with E-state index in [1.54, 1.807) is 25.3 Å². The second-order valence-corrected chi connectivity index (χ2v) is 3.50. The summed E-state index contributed by atoms with van der Waals surface area (Å²) in [5, 5.41) is 9.51. The van der Waals surface area contributed by atoms with E-state index in [1.165, 1.54) is 10.6 Å². The number of hydrogen-bond donors (Lipinski definition) is 1. The van der Waals surface area contributed by atoms with Gasteiger partial charge in [0, 0.05) is 11.6 Å². The molecule has 1 aromatic heterocycles. The summed E-state index contributed by atoms with van der Waals surface area (Å²) in [6.45, 7) is 1.54. The predicted molar refractivity (Wildman–Crippen MR) is 54.3 cm³/mol. The van der Waals surface area contributed by atoms with Crippen LogP contribution in [0.3, 0.4) is 0 Å². The molecule has 1 N–H and O–H groups in total. The maximum atomic E-state index is 13.3. The molecule has 2 rings (SSSR count). The van der Waals surface area contributed by atoms with Gasteiger partial charge in [0.1, 0.15) is 12.4 Å². The van der Waals surface area contributed by atoms with Crippen LogP contribution in [0.1, 0.15) is 5.56 Å². The Labute approximate surface area is 85.7 Å². The SMILES string of the molecule is Cc1cc2ccn(CC(=O)O)c2cc1F. The zero-order valence-electron chi connectivity index (χ0n) is 8.20. The number of aliphatic carboxylic acids is 1. The van der Waals surface area contributed by atoms with Gasteiger partial charge in [-0.05, 0) is 30.7 Å². The van der Waals surface area contributed by atoms with Crippen molar-refractivity contribution in [3.05, 3.63) is 35.8 Å². The van der Waals surface area contributed by atoms with E-state index in [0.717, 1.165) is 5.39 Å². The molecule has 0 spiro atoms. The molecule has 0 saturated carbocycles. The summed E-state index contributed by atoms with van der Waals surface area (Å²) < 4.78 is 14.8. The van der Waals surface area contributed by atoms with E-state index in [-0.39, 0.29) is 12.4 Å². The van der Waals surface area contributed by atoms with Crippen LogP contribution in [-0.4, -0.2) is 15.6 Å². The summed E-state index contributed by atoms with van der Waals surface area (Å²) in [4.78, 5) is 10.5. The number of carboxylic acids is 1. The summed E-state index contributed by atoms with van der Waals surface area (Å²) in [6.07, 6.45) is 1.65. The van der Waals surface area contributed by atoms with Gasteiger partial charge in [0.25, 0.3) is 0 Å². The third kappa shape index (κ3) is 1.70. The summed E-state index contributed by atoms with van der Waals surface area (Å²) in [5.41, 5.74) is 1.18. The number of benzene rings is 1. The van der Waals surface area contributed by atoms with Crippen molar-refractivity contribution in [2.45, 2.75) is 13.5 Å². The van der Waals surface area contributed by atoms with Crippen LogP contribution in [0.2, 0.25) is 0 Å². The molecule has 15 heavy (non-hydrogen) atoms. The predicted octanol–water partition coefficient (Wildman–Crippen LogP) is 2.17. The Morgan fingerprint density at radius 2 is 2.27 bits per heavy atom. The van der Waals surface area contributed by atoms with Crippen molar-refractivity contribution in [3.8, 4) is 0 Å². The number of carbonyl (C=O) groups is 1.